The number of hydrogen-bond donors (Lipinski definition) is 5. The molecule has 5 rings (SSSR count). The van der Waals surface area contributed by atoms with Crippen molar-refractivity contribution in [1.82, 2.24) is 0 Å². The Morgan fingerprint density at radius 1 is 0.833 bits per heavy atom. The number of fused-ring (bicyclic) bond motifs is 2. The highest BCUT2D eigenvalue weighted by Crippen LogP contribution is 2.52. The van der Waals surface area contributed by atoms with Gasteiger partial charge in [-0.2, -0.15) is 16.8 Å². The third-order valence-electron chi connectivity index (χ3n) is 9.81. The molecule has 2 aliphatic heterocycles. The molecule has 14 heteroatoms. The first-order chi connectivity index (χ1) is 22.2. The molecule has 12 nitrogen and oxygen atoms in total. The number of unbranched alkanes of at least 4 members (excludes halogenated alkanes) is 2. The molecule has 2 atom stereocenters. The Morgan fingerprint density at radius 3 is 1.83 bits per heavy atom. The SMILES string of the molecule is CCN1C(=CC2C(O)=C(C=C3N(CCCCCC(=O)O)c4ccc(S(=O)(=O)O)cc4C3(C)C)C2O)C(C)(C)c2cc(S(=O)(=O)O)ccc21. The number of aliphatic hydroxyl groups is 2. The topological polar surface area (TPSA) is 193 Å². The van der Waals surface area contributed by atoms with Crippen LogP contribution in [-0.2, 0) is 35.9 Å². The Morgan fingerprint density at radius 2 is 1.35 bits per heavy atom. The maximum Gasteiger partial charge on any atom is 0.303 e. The van der Waals surface area contributed by atoms with Crippen molar-refractivity contribution in [3.8, 4) is 0 Å². The molecule has 2 aromatic rings. The second-order valence-corrected chi connectivity index (χ2v) is 16.4. The van der Waals surface area contributed by atoms with Gasteiger partial charge in [0.05, 0.1) is 21.8 Å². The fourth-order valence-corrected chi connectivity index (χ4v) is 8.15. The van der Waals surface area contributed by atoms with Crippen molar-refractivity contribution in [2.24, 2.45) is 5.92 Å². The van der Waals surface area contributed by atoms with Gasteiger partial charge in [-0.1, -0.05) is 40.2 Å². The first-order valence-corrected chi connectivity index (χ1v) is 18.7. The van der Waals surface area contributed by atoms with E-state index in [0.29, 0.717) is 60.4 Å². The molecule has 0 spiro atoms. The monoisotopic (exact) mass is 702 g/mol. The Balaban J connectivity index is 1.52. The summed E-state index contributed by atoms with van der Waals surface area (Å²) in [6.07, 6.45) is 4.21. The summed E-state index contributed by atoms with van der Waals surface area (Å²) >= 11 is 0. The summed E-state index contributed by atoms with van der Waals surface area (Å²) in [5, 5.41) is 31.9. The number of carboxylic acids is 1. The third-order valence-corrected chi connectivity index (χ3v) is 11.5. The lowest BCUT2D eigenvalue weighted by Gasteiger charge is -2.37. The highest BCUT2D eigenvalue weighted by atomic mass is 32.2. The van der Waals surface area contributed by atoms with Gasteiger partial charge in [0, 0.05) is 58.7 Å². The largest absolute Gasteiger partial charge is 0.511 e. The lowest BCUT2D eigenvalue weighted by molar-refractivity contribution is -0.137. The van der Waals surface area contributed by atoms with E-state index in [4.69, 9.17) is 5.11 Å². The van der Waals surface area contributed by atoms with E-state index >= 15 is 0 Å². The predicted molar refractivity (Wildman–Crippen MR) is 180 cm³/mol. The number of allylic oxidation sites excluding steroid dienone is 2. The standard InChI is InChI=1S/C34H42N2O10S2/c1-6-35-26-13-11-20(47(41,42)43)16-24(26)33(2,3)28(35)18-22-31(39)23(32(22)40)19-29-34(4,5)25-17-21(48(44,45)46)12-14-27(25)36(29)15-9-7-8-10-30(37)38/h11-14,16-19,22,31,39-40H,6-10,15H2,1-5H3,(H,37,38)(H,41,42,43)(H,44,45,46). The molecule has 260 valence electrons. The van der Waals surface area contributed by atoms with Crippen molar-refractivity contribution in [2.75, 3.05) is 22.9 Å². The van der Waals surface area contributed by atoms with Gasteiger partial charge in [0.25, 0.3) is 20.2 Å². The minimum Gasteiger partial charge on any atom is -0.511 e. The minimum atomic E-state index is -4.48. The zero-order chi connectivity index (χ0) is 35.6. The van der Waals surface area contributed by atoms with Crippen molar-refractivity contribution in [2.45, 2.75) is 87.0 Å². The highest BCUT2D eigenvalue weighted by molar-refractivity contribution is 7.86. The summed E-state index contributed by atoms with van der Waals surface area (Å²) in [5.74, 6) is -1.68. The zero-order valence-corrected chi connectivity index (χ0v) is 29.1. The van der Waals surface area contributed by atoms with Crippen molar-refractivity contribution in [1.29, 1.82) is 0 Å². The molecule has 0 aromatic heterocycles. The third kappa shape index (κ3) is 6.15. The van der Waals surface area contributed by atoms with Gasteiger partial charge >= 0.3 is 5.97 Å². The van der Waals surface area contributed by atoms with Gasteiger partial charge in [-0.3, -0.25) is 13.9 Å². The first-order valence-electron chi connectivity index (χ1n) is 15.8. The summed E-state index contributed by atoms with van der Waals surface area (Å²) in [5.41, 5.74) is 3.00. The van der Waals surface area contributed by atoms with Crippen LogP contribution in [0.25, 0.3) is 0 Å². The number of benzene rings is 2. The first kappa shape index (κ1) is 35.6. The van der Waals surface area contributed by atoms with Crippen molar-refractivity contribution in [3.63, 3.8) is 0 Å². The summed E-state index contributed by atoms with van der Waals surface area (Å²) in [7, 11) is -8.90. The normalized spacial score (nSPS) is 23.1. The molecule has 0 bridgehead atoms. The average Bonchev–Trinajstić information content (AvgIpc) is 3.34. The van der Waals surface area contributed by atoms with Crippen LogP contribution in [0.3, 0.4) is 0 Å². The maximum absolute atomic E-state index is 12.0. The Hall–Kier alpha value is -3.69. The minimum absolute atomic E-state index is 0.0456. The summed E-state index contributed by atoms with van der Waals surface area (Å²) in [4.78, 5) is 14.5. The van der Waals surface area contributed by atoms with Crippen molar-refractivity contribution < 1.29 is 46.1 Å². The van der Waals surface area contributed by atoms with Gasteiger partial charge in [-0.25, -0.2) is 0 Å². The zero-order valence-electron chi connectivity index (χ0n) is 27.5. The van der Waals surface area contributed by atoms with Crippen LogP contribution in [0.2, 0.25) is 0 Å². The molecule has 0 radical (unpaired) electrons. The quantitative estimate of drug-likeness (QED) is 0.150. The Bertz CT molecular complexity index is 1980. The van der Waals surface area contributed by atoms with E-state index in [1.54, 1.807) is 24.3 Å². The van der Waals surface area contributed by atoms with E-state index in [-0.39, 0.29) is 22.0 Å². The van der Waals surface area contributed by atoms with Gasteiger partial charge in [0.2, 0.25) is 0 Å². The fraction of sp³-hybridized carbons (Fsp3) is 0.441. The number of nitrogens with zero attached hydrogens (tertiary/aromatic N) is 2. The Kier molecular flexibility index (Phi) is 9.14. The van der Waals surface area contributed by atoms with Crippen LogP contribution in [0.1, 0.15) is 71.4 Å². The fourth-order valence-electron chi connectivity index (χ4n) is 7.13. The van der Waals surface area contributed by atoms with Crippen LogP contribution in [0.4, 0.5) is 11.4 Å². The molecule has 0 fully saturated rings. The number of carbonyl (C=O) groups is 1. The van der Waals surface area contributed by atoms with Crippen LogP contribution in [0.5, 0.6) is 0 Å². The smallest absolute Gasteiger partial charge is 0.303 e. The lowest BCUT2D eigenvalue weighted by Crippen LogP contribution is -2.38. The van der Waals surface area contributed by atoms with E-state index < -0.39 is 49.1 Å². The number of aliphatic hydroxyl groups excluding tert-OH is 2. The highest BCUT2D eigenvalue weighted by Gasteiger charge is 2.46. The lowest BCUT2D eigenvalue weighted by atomic mass is 9.75. The summed E-state index contributed by atoms with van der Waals surface area (Å²) in [6, 6.07) is 8.78. The molecule has 2 heterocycles. The van der Waals surface area contributed by atoms with Crippen LogP contribution >= 0.6 is 0 Å². The van der Waals surface area contributed by atoms with Crippen molar-refractivity contribution >= 4 is 37.6 Å². The van der Waals surface area contributed by atoms with Crippen LogP contribution in [-0.4, -0.2) is 66.4 Å². The second kappa shape index (κ2) is 12.3. The molecular weight excluding hydrogens is 661 g/mol. The van der Waals surface area contributed by atoms with E-state index in [9.17, 15) is 40.9 Å². The maximum atomic E-state index is 12.0. The number of aliphatic carboxylic acids is 1. The number of rotatable bonds is 11. The second-order valence-electron chi connectivity index (χ2n) is 13.6. The van der Waals surface area contributed by atoms with E-state index in [1.807, 2.05) is 44.4 Å². The number of anilines is 2. The van der Waals surface area contributed by atoms with Gasteiger partial charge < -0.3 is 25.1 Å². The Labute approximate surface area is 281 Å². The van der Waals surface area contributed by atoms with Gasteiger partial charge in [-0.05, 0) is 73.4 Å². The van der Waals surface area contributed by atoms with Gasteiger partial charge in [0.15, 0.2) is 0 Å². The summed E-state index contributed by atoms with van der Waals surface area (Å²) < 4.78 is 67.1. The van der Waals surface area contributed by atoms with E-state index in [1.165, 1.54) is 24.3 Å². The number of carboxylic acid groups (broad SMARTS) is 1. The molecule has 0 amide bonds. The molecule has 2 unspecified atom stereocenters. The van der Waals surface area contributed by atoms with E-state index in [0.717, 1.165) is 11.4 Å². The number of hydrogen-bond acceptors (Lipinski definition) is 9. The van der Waals surface area contributed by atoms with Gasteiger partial charge in [-0.15, -0.1) is 0 Å². The predicted octanol–water partition coefficient (Wildman–Crippen LogP) is 5.31. The van der Waals surface area contributed by atoms with Gasteiger partial charge in [0.1, 0.15) is 5.76 Å². The van der Waals surface area contributed by atoms with Crippen LogP contribution < -0.4 is 9.80 Å². The molecular formula is C34H42N2O10S2. The molecule has 48 heavy (non-hydrogen) atoms. The van der Waals surface area contributed by atoms with Crippen LogP contribution in [0.15, 0.2) is 81.1 Å². The van der Waals surface area contributed by atoms with Crippen LogP contribution in [0, 0.1) is 5.92 Å². The molecule has 1 aliphatic carbocycles. The molecule has 5 N–H and O–H groups in total. The van der Waals surface area contributed by atoms with Crippen molar-refractivity contribution in [3.05, 3.63) is 82.4 Å². The summed E-state index contributed by atoms with van der Waals surface area (Å²) in [6.45, 7) is 10.5. The molecule has 3 aliphatic rings. The molecule has 2 aromatic carbocycles. The average molecular weight is 703 g/mol. The van der Waals surface area contributed by atoms with E-state index in [2.05, 4.69) is 0 Å². The molecule has 0 saturated carbocycles. The number of likely N-dealkylation sites (N-methyl/N-ethyl adjacent to an activating group) is 1. The molecule has 0 saturated heterocycles.